The molecule has 2 aromatic rings. The lowest BCUT2D eigenvalue weighted by Gasteiger charge is -2.02. The van der Waals surface area contributed by atoms with Gasteiger partial charge >= 0.3 is 0 Å². The molecule has 0 saturated carbocycles. The minimum atomic E-state index is -3.52. The molecule has 4 nitrogen and oxygen atoms in total. The molecule has 0 aromatic carbocycles. The summed E-state index contributed by atoms with van der Waals surface area (Å²) in [4.78, 5) is 0.850. The van der Waals surface area contributed by atoms with Gasteiger partial charge in [-0.05, 0) is 29.1 Å². The van der Waals surface area contributed by atoms with E-state index in [1.54, 1.807) is 17.5 Å². The highest BCUT2D eigenvalue weighted by atomic mass is 35.5. The monoisotopic (exact) mass is 323 g/mol. The van der Waals surface area contributed by atoms with Gasteiger partial charge in [-0.15, -0.1) is 22.7 Å². The van der Waals surface area contributed by atoms with Crippen molar-refractivity contribution < 1.29 is 13.5 Å². The van der Waals surface area contributed by atoms with Crippen molar-refractivity contribution in [3.05, 3.63) is 38.4 Å². The van der Waals surface area contributed by atoms with E-state index in [0.717, 1.165) is 16.2 Å². The van der Waals surface area contributed by atoms with Gasteiger partial charge < -0.3 is 5.11 Å². The average Bonchev–Trinajstić information content (AvgIpc) is 2.95. The van der Waals surface area contributed by atoms with Crippen LogP contribution in [0.2, 0.25) is 4.34 Å². The van der Waals surface area contributed by atoms with Crippen LogP contribution in [0.4, 0.5) is 0 Å². The van der Waals surface area contributed by atoms with E-state index in [9.17, 15) is 8.42 Å². The van der Waals surface area contributed by atoms with Crippen molar-refractivity contribution in [2.45, 2.75) is 17.4 Å². The van der Waals surface area contributed by atoms with Gasteiger partial charge in [0.25, 0.3) is 0 Å². The number of aliphatic hydroxyl groups excluding tert-OH is 1. The molecular weight excluding hydrogens is 314 g/mol. The van der Waals surface area contributed by atoms with Gasteiger partial charge in [0.15, 0.2) is 0 Å². The van der Waals surface area contributed by atoms with Crippen LogP contribution in [0, 0.1) is 0 Å². The van der Waals surface area contributed by atoms with Gasteiger partial charge in [-0.25, -0.2) is 13.1 Å². The second-order valence-corrected chi connectivity index (χ2v) is 8.17. The first-order chi connectivity index (χ1) is 8.51. The number of hydrogen-bond donors (Lipinski definition) is 2. The minimum absolute atomic E-state index is 0.160. The molecule has 0 fully saturated rings. The first-order valence-corrected chi connectivity index (χ1v) is 8.49. The fourth-order valence-corrected chi connectivity index (χ4v) is 4.63. The molecular formula is C10H10ClNO3S3. The van der Waals surface area contributed by atoms with Crippen molar-refractivity contribution in [2.24, 2.45) is 0 Å². The summed E-state index contributed by atoms with van der Waals surface area (Å²) in [5.74, 6) is 0. The van der Waals surface area contributed by atoms with Crippen LogP contribution >= 0.6 is 34.3 Å². The Morgan fingerprint density at radius 3 is 2.72 bits per heavy atom. The lowest BCUT2D eigenvalue weighted by Crippen LogP contribution is -2.21. The number of hydrogen-bond acceptors (Lipinski definition) is 5. The van der Waals surface area contributed by atoms with Crippen molar-refractivity contribution in [2.75, 3.05) is 0 Å². The zero-order valence-corrected chi connectivity index (χ0v) is 12.3. The van der Waals surface area contributed by atoms with E-state index in [1.165, 1.54) is 17.4 Å². The Morgan fingerprint density at radius 1 is 1.39 bits per heavy atom. The molecule has 2 heterocycles. The van der Waals surface area contributed by atoms with Crippen LogP contribution in [0.3, 0.4) is 0 Å². The van der Waals surface area contributed by atoms with Crippen LogP contribution in [0.15, 0.2) is 27.8 Å². The van der Waals surface area contributed by atoms with Gasteiger partial charge in [0.05, 0.1) is 10.9 Å². The van der Waals surface area contributed by atoms with Gasteiger partial charge in [0.1, 0.15) is 4.21 Å². The highest BCUT2D eigenvalue weighted by molar-refractivity contribution is 7.91. The van der Waals surface area contributed by atoms with Crippen molar-refractivity contribution in [3.8, 4) is 0 Å². The maximum atomic E-state index is 11.9. The fraction of sp³-hybridized carbons (Fsp3) is 0.200. The molecule has 2 N–H and O–H groups in total. The van der Waals surface area contributed by atoms with E-state index in [2.05, 4.69) is 4.72 Å². The Balaban J connectivity index is 2.07. The Morgan fingerprint density at radius 2 is 2.17 bits per heavy atom. The summed E-state index contributed by atoms with van der Waals surface area (Å²) in [6.07, 6.45) is 0. The molecule has 8 heteroatoms. The Labute approximate surface area is 118 Å². The number of nitrogens with one attached hydrogen (secondary N) is 1. The predicted octanol–water partition coefficient (Wildman–Crippen LogP) is 2.43. The third kappa shape index (κ3) is 3.31. The average molecular weight is 324 g/mol. The smallest absolute Gasteiger partial charge is 0.250 e. The minimum Gasteiger partial charge on any atom is -0.392 e. The highest BCUT2D eigenvalue weighted by Gasteiger charge is 2.16. The fourth-order valence-electron chi connectivity index (χ4n) is 1.26. The predicted molar refractivity (Wildman–Crippen MR) is 73.6 cm³/mol. The molecule has 2 rings (SSSR count). The number of aliphatic hydroxyl groups is 1. The Kier molecular flexibility index (Phi) is 4.41. The normalized spacial score (nSPS) is 11.9. The summed E-state index contributed by atoms with van der Waals surface area (Å²) in [6, 6.07) is 4.97. The quantitative estimate of drug-likeness (QED) is 0.888. The summed E-state index contributed by atoms with van der Waals surface area (Å²) in [5.41, 5.74) is 0.597. The Hall–Kier alpha value is -0.440. The van der Waals surface area contributed by atoms with Gasteiger partial charge in [-0.2, -0.15) is 0 Å². The molecule has 0 amide bonds. The molecule has 0 aliphatic rings. The number of thiophene rings is 2. The second kappa shape index (κ2) is 5.68. The van der Waals surface area contributed by atoms with E-state index >= 15 is 0 Å². The molecule has 18 heavy (non-hydrogen) atoms. The van der Waals surface area contributed by atoms with Crippen LogP contribution in [-0.4, -0.2) is 13.5 Å². The molecule has 0 spiro atoms. The van der Waals surface area contributed by atoms with Crippen molar-refractivity contribution in [1.29, 1.82) is 0 Å². The summed E-state index contributed by atoms with van der Waals surface area (Å²) < 4.78 is 27.2. The maximum absolute atomic E-state index is 11.9. The molecule has 0 aliphatic carbocycles. The van der Waals surface area contributed by atoms with Gasteiger partial charge in [-0.1, -0.05) is 11.6 Å². The molecule has 0 aliphatic heterocycles. The second-order valence-electron chi connectivity index (χ2n) is 3.46. The van der Waals surface area contributed by atoms with Crippen LogP contribution in [0.25, 0.3) is 0 Å². The first kappa shape index (κ1) is 14.0. The number of halogens is 1. The standard InChI is InChI=1S/C10H10ClNO3S3/c11-9-2-1-8(17-9)4-12-18(14,15)10-3-7(5-13)6-16-10/h1-3,6,12-13H,4-5H2. The molecule has 0 bridgehead atoms. The van der Waals surface area contributed by atoms with Crippen LogP contribution in [0.1, 0.15) is 10.4 Å². The maximum Gasteiger partial charge on any atom is 0.250 e. The molecule has 0 radical (unpaired) electrons. The number of rotatable bonds is 5. The molecule has 2 aromatic heterocycles. The summed E-state index contributed by atoms with van der Waals surface area (Å²) in [7, 11) is -3.52. The highest BCUT2D eigenvalue weighted by Crippen LogP contribution is 2.23. The van der Waals surface area contributed by atoms with Crippen molar-refractivity contribution in [3.63, 3.8) is 0 Å². The topological polar surface area (TPSA) is 66.4 Å². The Bertz CT molecular complexity index is 632. The van der Waals surface area contributed by atoms with Crippen LogP contribution in [0.5, 0.6) is 0 Å². The van der Waals surface area contributed by atoms with Crippen molar-refractivity contribution in [1.82, 2.24) is 4.72 Å². The van der Waals surface area contributed by atoms with Crippen molar-refractivity contribution >= 4 is 44.3 Å². The summed E-state index contributed by atoms with van der Waals surface area (Å²) in [5, 5.41) is 10.5. The molecule has 0 unspecified atom stereocenters. The van der Waals surface area contributed by atoms with E-state index < -0.39 is 10.0 Å². The van der Waals surface area contributed by atoms with E-state index in [4.69, 9.17) is 16.7 Å². The SMILES string of the molecule is O=S(=O)(NCc1ccc(Cl)s1)c1cc(CO)cs1. The summed E-state index contributed by atoms with van der Waals surface area (Å²) in [6.45, 7) is 0.0542. The molecule has 98 valence electrons. The molecule has 0 saturated heterocycles. The van der Waals surface area contributed by atoms with E-state index in [0.29, 0.717) is 9.90 Å². The zero-order valence-electron chi connectivity index (χ0n) is 9.09. The van der Waals surface area contributed by atoms with Crippen LogP contribution in [-0.2, 0) is 23.2 Å². The first-order valence-electron chi connectivity index (χ1n) is 4.93. The third-order valence-corrected chi connectivity index (χ3v) is 6.26. The lowest BCUT2D eigenvalue weighted by atomic mass is 10.4. The zero-order chi connectivity index (χ0) is 13.2. The van der Waals surface area contributed by atoms with Gasteiger partial charge in [0, 0.05) is 11.4 Å². The van der Waals surface area contributed by atoms with Gasteiger partial charge in [0.2, 0.25) is 10.0 Å². The third-order valence-electron chi connectivity index (χ3n) is 2.14. The summed E-state index contributed by atoms with van der Waals surface area (Å²) >= 11 is 8.19. The molecule has 0 atom stereocenters. The largest absolute Gasteiger partial charge is 0.392 e. The number of sulfonamides is 1. The van der Waals surface area contributed by atoms with Crippen LogP contribution < -0.4 is 4.72 Å². The lowest BCUT2D eigenvalue weighted by molar-refractivity contribution is 0.282. The van der Waals surface area contributed by atoms with E-state index in [-0.39, 0.29) is 17.4 Å². The van der Waals surface area contributed by atoms with Gasteiger partial charge in [-0.3, -0.25) is 0 Å². The van der Waals surface area contributed by atoms with E-state index in [1.807, 2.05) is 0 Å².